The smallest absolute Gasteiger partial charge is 0.225 e. The molecule has 2 heterocycles. The first-order chi connectivity index (χ1) is 7.24. The summed E-state index contributed by atoms with van der Waals surface area (Å²) in [5.74, 6) is 0.750. The molecule has 0 bridgehead atoms. The molecule has 1 aliphatic heterocycles. The van der Waals surface area contributed by atoms with E-state index in [0.717, 1.165) is 28.3 Å². The molecular weight excluding hydrogens is 276 g/mol. The standard InChI is InChI=1S/C10H13BrN2OS/c11-9-2-1-8(15-9)3-10(14)13-6-7-4-12-5-7/h1-2,7,12H,3-6H2,(H,13,14). The molecule has 0 unspecified atom stereocenters. The van der Waals surface area contributed by atoms with Crippen molar-refractivity contribution in [2.45, 2.75) is 6.42 Å². The minimum Gasteiger partial charge on any atom is -0.355 e. The van der Waals surface area contributed by atoms with Crippen LogP contribution in [0.5, 0.6) is 0 Å². The third kappa shape index (κ3) is 3.29. The Hall–Kier alpha value is -0.390. The number of hydrogen-bond donors (Lipinski definition) is 2. The van der Waals surface area contributed by atoms with Gasteiger partial charge in [0.05, 0.1) is 10.2 Å². The zero-order chi connectivity index (χ0) is 10.7. The molecule has 1 saturated heterocycles. The van der Waals surface area contributed by atoms with E-state index in [2.05, 4.69) is 26.6 Å². The highest BCUT2D eigenvalue weighted by atomic mass is 79.9. The summed E-state index contributed by atoms with van der Waals surface area (Å²) in [6.45, 7) is 2.87. The van der Waals surface area contributed by atoms with Crippen LogP contribution in [-0.2, 0) is 11.2 Å². The van der Waals surface area contributed by atoms with E-state index < -0.39 is 0 Å². The summed E-state index contributed by atoms with van der Waals surface area (Å²) in [6.07, 6.45) is 0.496. The molecule has 1 aliphatic rings. The maximum absolute atomic E-state index is 11.5. The van der Waals surface area contributed by atoms with E-state index >= 15 is 0 Å². The average molecular weight is 289 g/mol. The second-order valence-corrected chi connectivity index (χ2v) is 6.26. The van der Waals surface area contributed by atoms with Gasteiger partial charge in [-0.2, -0.15) is 0 Å². The molecule has 0 radical (unpaired) electrons. The average Bonchev–Trinajstić information content (AvgIpc) is 2.48. The van der Waals surface area contributed by atoms with Crippen molar-refractivity contribution in [3.8, 4) is 0 Å². The van der Waals surface area contributed by atoms with Crippen LogP contribution < -0.4 is 10.6 Å². The summed E-state index contributed by atoms with van der Waals surface area (Å²) in [5.41, 5.74) is 0. The van der Waals surface area contributed by atoms with Gasteiger partial charge in [0.1, 0.15) is 0 Å². The summed E-state index contributed by atoms with van der Waals surface area (Å²) in [6, 6.07) is 3.96. The summed E-state index contributed by atoms with van der Waals surface area (Å²) in [5, 5.41) is 6.14. The largest absolute Gasteiger partial charge is 0.355 e. The SMILES string of the molecule is O=C(Cc1ccc(Br)s1)NCC1CNC1. The Morgan fingerprint density at radius 2 is 2.40 bits per heavy atom. The molecule has 0 aromatic carbocycles. The lowest BCUT2D eigenvalue weighted by Crippen LogP contribution is -2.48. The number of rotatable bonds is 4. The third-order valence-electron chi connectivity index (χ3n) is 2.42. The second kappa shape index (κ2) is 5.09. The van der Waals surface area contributed by atoms with Gasteiger partial charge in [0.2, 0.25) is 5.91 Å². The minimum absolute atomic E-state index is 0.122. The number of thiophene rings is 1. The highest BCUT2D eigenvalue weighted by molar-refractivity contribution is 9.11. The van der Waals surface area contributed by atoms with Crippen molar-refractivity contribution >= 4 is 33.2 Å². The molecule has 2 rings (SSSR count). The normalized spacial score (nSPS) is 16.1. The Labute approximate surface area is 101 Å². The van der Waals surface area contributed by atoms with E-state index in [1.807, 2.05) is 12.1 Å². The van der Waals surface area contributed by atoms with Crippen LogP contribution in [0, 0.1) is 5.92 Å². The van der Waals surface area contributed by atoms with Crippen LogP contribution in [0.3, 0.4) is 0 Å². The molecule has 2 N–H and O–H groups in total. The molecular formula is C10H13BrN2OS. The van der Waals surface area contributed by atoms with Gasteiger partial charge < -0.3 is 10.6 Å². The molecule has 5 heteroatoms. The van der Waals surface area contributed by atoms with Crippen LogP contribution in [0.2, 0.25) is 0 Å². The Morgan fingerprint density at radius 3 is 2.93 bits per heavy atom. The van der Waals surface area contributed by atoms with Gasteiger partial charge >= 0.3 is 0 Å². The summed E-state index contributed by atoms with van der Waals surface area (Å²) < 4.78 is 1.08. The van der Waals surface area contributed by atoms with Gasteiger partial charge in [-0.25, -0.2) is 0 Å². The number of halogens is 1. The van der Waals surface area contributed by atoms with E-state index in [0.29, 0.717) is 12.3 Å². The van der Waals surface area contributed by atoms with Crippen molar-refractivity contribution in [2.24, 2.45) is 5.92 Å². The molecule has 15 heavy (non-hydrogen) atoms. The quantitative estimate of drug-likeness (QED) is 0.879. The van der Waals surface area contributed by atoms with E-state index in [9.17, 15) is 4.79 Å². The zero-order valence-corrected chi connectivity index (χ0v) is 10.7. The lowest BCUT2D eigenvalue weighted by Gasteiger charge is -2.27. The number of carbonyl (C=O) groups excluding carboxylic acids is 1. The molecule has 1 fully saturated rings. The van der Waals surface area contributed by atoms with Crippen LogP contribution in [-0.4, -0.2) is 25.5 Å². The van der Waals surface area contributed by atoms with Crippen LogP contribution in [0.15, 0.2) is 15.9 Å². The van der Waals surface area contributed by atoms with E-state index in [1.165, 1.54) is 0 Å². The van der Waals surface area contributed by atoms with Crippen LogP contribution in [0.1, 0.15) is 4.88 Å². The topological polar surface area (TPSA) is 41.1 Å². The van der Waals surface area contributed by atoms with Gasteiger partial charge in [0.25, 0.3) is 0 Å². The lowest BCUT2D eigenvalue weighted by atomic mass is 10.0. The van der Waals surface area contributed by atoms with Crippen molar-refractivity contribution in [2.75, 3.05) is 19.6 Å². The van der Waals surface area contributed by atoms with Crippen molar-refractivity contribution in [3.05, 3.63) is 20.8 Å². The fourth-order valence-corrected chi connectivity index (χ4v) is 2.90. The van der Waals surface area contributed by atoms with Gasteiger partial charge in [0.15, 0.2) is 0 Å². The first kappa shape index (κ1) is 11.1. The monoisotopic (exact) mass is 288 g/mol. The second-order valence-electron chi connectivity index (χ2n) is 3.71. The molecule has 0 saturated carbocycles. The maximum Gasteiger partial charge on any atom is 0.225 e. The van der Waals surface area contributed by atoms with Gasteiger partial charge in [-0.15, -0.1) is 11.3 Å². The van der Waals surface area contributed by atoms with E-state index in [-0.39, 0.29) is 5.91 Å². The van der Waals surface area contributed by atoms with Crippen LogP contribution in [0.25, 0.3) is 0 Å². The highest BCUT2D eigenvalue weighted by Crippen LogP contribution is 2.22. The van der Waals surface area contributed by atoms with Gasteiger partial charge in [0, 0.05) is 30.4 Å². The predicted molar refractivity (Wildman–Crippen MR) is 65.1 cm³/mol. The maximum atomic E-state index is 11.5. The van der Waals surface area contributed by atoms with Gasteiger partial charge in [-0.3, -0.25) is 4.79 Å². The zero-order valence-electron chi connectivity index (χ0n) is 8.25. The minimum atomic E-state index is 0.122. The van der Waals surface area contributed by atoms with Crippen molar-refractivity contribution < 1.29 is 4.79 Å². The molecule has 1 aromatic heterocycles. The van der Waals surface area contributed by atoms with Crippen LogP contribution in [0.4, 0.5) is 0 Å². The first-order valence-electron chi connectivity index (χ1n) is 4.95. The Bertz CT molecular complexity index is 349. The third-order valence-corrected chi connectivity index (χ3v) is 4.04. The molecule has 0 atom stereocenters. The highest BCUT2D eigenvalue weighted by Gasteiger charge is 2.17. The number of carbonyl (C=O) groups is 1. The van der Waals surface area contributed by atoms with Crippen molar-refractivity contribution in [1.29, 1.82) is 0 Å². The van der Waals surface area contributed by atoms with E-state index in [1.54, 1.807) is 11.3 Å². The summed E-state index contributed by atoms with van der Waals surface area (Å²) in [4.78, 5) is 12.6. The Balaban J connectivity index is 1.71. The molecule has 82 valence electrons. The molecule has 0 aliphatic carbocycles. The number of amides is 1. The predicted octanol–water partition coefficient (Wildman–Crippen LogP) is 1.39. The van der Waals surface area contributed by atoms with Gasteiger partial charge in [-0.1, -0.05) is 0 Å². The Kier molecular flexibility index (Phi) is 3.77. The summed E-state index contributed by atoms with van der Waals surface area (Å²) >= 11 is 5.00. The van der Waals surface area contributed by atoms with Gasteiger partial charge in [-0.05, 0) is 28.1 Å². The molecule has 1 amide bonds. The fourth-order valence-electron chi connectivity index (χ4n) is 1.42. The molecule has 1 aromatic rings. The molecule has 0 spiro atoms. The van der Waals surface area contributed by atoms with E-state index in [4.69, 9.17) is 0 Å². The number of nitrogens with one attached hydrogen (secondary N) is 2. The summed E-state index contributed by atoms with van der Waals surface area (Å²) in [7, 11) is 0. The Morgan fingerprint density at radius 1 is 1.60 bits per heavy atom. The first-order valence-corrected chi connectivity index (χ1v) is 6.56. The lowest BCUT2D eigenvalue weighted by molar-refractivity contribution is -0.120. The van der Waals surface area contributed by atoms with Crippen molar-refractivity contribution in [3.63, 3.8) is 0 Å². The van der Waals surface area contributed by atoms with Crippen molar-refractivity contribution in [1.82, 2.24) is 10.6 Å². The van der Waals surface area contributed by atoms with Crippen LogP contribution >= 0.6 is 27.3 Å². The molecule has 3 nitrogen and oxygen atoms in total. The number of hydrogen-bond acceptors (Lipinski definition) is 3. The fraction of sp³-hybridized carbons (Fsp3) is 0.500.